The van der Waals surface area contributed by atoms with E-state index >= 15 is 0 Å². The van der Waals surface area contributed by atoms with Crippen molar-refractivity contribution in [3.63, 3.8) is 0 Å². The fraction of sp³-hybridized carbons (Fsp3) is 0.667. The van der Waals surface area contributed by atoms with E-state index in [0.717, 1.165) is 38.5 Å². The van der Waals surface area contributed by atoms with Crippen LogP contribution in [-0.2, 0) is 6.54 Å². The molecule has 3 rings (SSSR count). The summed E-state index contributed by atoms with van der Waals surface area (Å²) in [6, 6.07) is 7.64. The van der Waals surface area contributed by atoms with Gasteiger partial charge in [-0.1, -0.05) is 6.07 Å². The van der Waals surface area contributed by atoms with E-state index in [4.69, 9.17) is 0 Å². The van der Waals surface area contributed by atoms with Crippen molar-refractivity contribution >= 4 is 5.69 Å². The number of hydrogen-bond donors (Lipinski definition) is 2. The summed E-state index contributed by atoms with van der Waals surface area (Å²) < 4.78 is 0. The molecule has 0 radical (unpaired) electrons. The molecule has 0 spiro atoms. The van der Waals surface area contributed by atoms with Gasteiger partial charge < -0.3 is 15.3 Å². The molecule has 2 N–H and O–H groups in total. The van der Waals surface area contributed by atoms with E-state index in [2.05, 4.69) is 35.3 Å². The lowest BCUT2D eigenvalue weighted by Gasteiger charge is -2.35. The topological polar surface area (TPSA) is 35.5 Å². The lowest BCUT2D eigenvalue weighted by molar-refractivity contribution is 0.110. The van der Waals surface area contributed by atoms with Crippen molar-refractivity contribution in [2.75, 3.05) is 18.0 Å². The molecule has 1 aromatic rings. The Morgan fingerprint density at radius 2 is 1.95 bits per heavy atom. The zero-order valence-corrected chi connectivity index (χ0v) is 13.3. The van der Waals surface area contributed by atoms with Gasteiger partial charge in [0.15, 0.2) is 0 Å². The first-order valence-corrected chi connectivity index (χ1v) is 8.39. The average Bonchev–Trinajstić information content (AvgIpc) is 3.30. The molecular weight excluding hydrogens is 260 g/mol. The number of aryl methyl sites for hydroxylation is 1. The Hall–Kier alpha value is -1.06. The molecule has 1 saturated heterocycles. The van der Waals surface area contributed by atoms with Crippen molar-refractivity contribution in [3.8, 4) is 0 Å². The maximum absolute atomic E-state index is 9.70. The van der Waals surface area contributed by atoms with Crippen LogP contribution in [0.5, 0.6) is 0 Å². The zero-order valence-electron chi connectivity index (χ0n) is 13.3. The highest BCUT2D eigenvalue weighted by Gasteiger charge is 2.23. The molecule has 1 saturated carbocycles. The number of anilines is 1. The van der Waals surface area contributed by atoms with Gasteiger partial charge in [-0.25, -0.2) is 0 Å². The van der Waals surface area contributed by atoms with E-state index < -0.39 is 0 Å². The van der Waals surface area contributed by atoms with Crippen molar-refractivity contribution < 1.29 is 5.11 Å². The van der Waals surface area contributed by atoms with E-state index in [1.807, 2.05) is 6.92 Å². The molecule has 1 heterocycles. The Kier molecular flexibility index (Phi) is 4.51. The first-order valence-electron chi connectivity index (χ1n) is 8.39. The lowest BCUT2D eigenvalue weighted by Crippen LogP contribution is -2.37. The van der Waals surface area contributed by atoms with Gasteiger partial charge in [-0.05, 0) is 68.7 Å². The SMILES string of the molecule is Cc1cc(N2CCC(C(C)O)CC2)ccc1CNC1CC1. The smallest absolute Gasteiger partial charge is 0.0541 e. The van der Waals surface area contributed by atoms with Crippen LogP contribution in [0.25, 0.3) is 0 Å². The lowest BCUT2D eigenvalue weighted by atomic mass is 9.92. The molecule has 0 aromatic heterocycles. The summed E-state index contributed by atoms with van der Waals surface area (Å²) in [7, 11) is 0. The number of hydrogen-bond acceptors (Lipinski definition) is 3. The van der Waals surface area contributed by atoms with Crippen LogP contribution in [0, 0.1) is 12.8 Å². The molecule has 2 fully saturated rings. The standard InChI is InChI=1S/C18H28N2O/c1-13-11-18(6-3-16(13)12-19-17-4-5-17)20-9-7-15(8-10-20)14(2)21/h3,6,11,14-15,17,19,21H,4-5,7-10,12H2,1-2H3. The van der Waals surface area contributed by atoms with Gasteiger partial charge in [0.05, 0.1) is 6.10 Å². The highest BCUT2D eigenvalue weighted by molar-refractivity contribution is 5.51. The summed E-state index contributed by atoms with van der Waals surface area (Å²) in [5, 5.41) is 13.3. The van der Waals surface area contributed by atoms with Crippen LogP contribution in [0.2, 0.25) is 0 Å². The molecule has 1 atom stereocenters. The van der Waals surface area contributed by atoms with Gasteiger partial charge in [0, 0.05) is 31.4 Å². The second-order valence-electron chi connectivity index (χ2n) is 6.83. The fourth-order valence-corrected chi connectivity index (χ4v) is 3.26. The summed E-state index contributed by atoms with van der Waals surface area (Å²) in [4.78, 5) is 2.46. The zero-order chi connectivity index (χ0) is 14.8. The molecule has 3 heteroatoms. The Bertz CT molecular complexity index is 474. The molecule has 1 aliphatic heterocycles. The minimum Gasteiger partial charge on any atom is -0.393 e. The average molecular weight is 288 g/mol. The van der Waals surface area contributed by atoms with Gasteiger partial charge in [-0.2, -0.15) is 0 Å². The maximum Gasteiger partial charge on any atom is 0.0541 e. The Balaban J connectivity index is 1.59. The van der Waals surface area contributed by atoms with Crippen LogP contribution >= 0.6 is 0 Å². The van der Waals surface area contributed by atoms with Crippen molar-refractivity contribution in [1.29, 1.82) is 0 Å². The molecule has 1 unspecified atom stereocenters. The molecule has 0 amide bonds. The Labute approximate surface area is 128 Å². The number of nitrogens with one attached hydrogen (secondary N) is 1. The van der Waals surface area contributed by atoms with Gasteiger partial charge in [0.2, 0.25) is 0 Å². The van der Waals surface area contributed by atoms with E-state index in [9.17, 15) is 5.11 Å². The van der Waals surface area contributed by atoms with Gasteiger partial charge in [-0.3, -0.25) is 0 Å². The summed E-state index contributed by atoms with van der Waals surface area (Å²) in [5.74, 6) is 0.476. The van der Waals surface area contributed by atoms with Gasteiger partial charge in [0.1, 0.15) is 0 Å². The minimum absolute atomic E-state index is 0.162. The summed E-state index contributed by atoms with van der Waals surface area (Å²) in [6.07, 6.45) is 4.72. The maximum atomic E-state index is 9.70. The minimum atomic E-state index is -0.162. The molecule has 21 heavy (non-hydrogen) atoms. The Morgan fingerprint density at radius 3 is 2.52 bits per heavy atom. The fourth-order valence-electron chi connectivity index (χ4n) is 3.26. The molecule has 116 valence electrons. The highest BCUT2D eigenvalue weighted by atomic mass is 16.3. The van der Waals surface area contributed by atoms with Gasteiger partial charge in [0.25, 0.3) is 0 Å². The normalized spacial score (nSPS) is 21.6. The van der Waals surface area contributed by atoms with Crippen LogP contribution in [0.1, 0.15) is 43.7 Å². The molecule has 1 aliphatic carbocycles. The third-order valence-electron chi connectivity index (χ3n) is 5.07. The summed E-state index contributed by atoms with van der Waals surface area (Å²) in [6.45, 7) is 7.27. The quantitative estimate of drug-likeness (QED) is 0.874. The number of nitrogens with zero attached hydrogens (tertiary/aromatic N) is 1. The predicted molar refractivity (Wildman–Crippen MR) is 87.7 cm³/mol. The van der Waals surface area contributed by atoms with E-state index in [1.165, 1.54) is 29.7 Å². The molecule has 0 bridgehead atoms. The first-order chi connectivity index (χ1) is 10.1. The number of benzene rings is 1. The monoisotopic (exact) mass is 288 g/mol. The van der Waals surface area contributed by atoms with Crippen molar-refractivity contribution in [1.82, 2.24) is 5.32 Å². The predicted octanol–water partition coefficient (Wildman–Crippen LogP) is 2.84. The summed E-state index contributed by atoms with van der Waals surface area (Å²) in [5.41, 5.74) is 4.15. The highest BCUT2D eigenvalue weighted by Crippen LogP contribution is 2.27. The van der Waals surface area contributed by atoms with Crippen molar-refractivity contribution in [2.24, 2.45) is 5.92 Å². The third kappa shape index (κ3) is 3.78. The number of aliphatic hydroxyl groups is 1. The molecule has 3 nitrogen and oxygen atoms in total. The largest absolute Gasteiger partial charge is 0.393 e. The first kappa shape index (κ1) is 14.9. The van der Waals surface area contributed by atoms with Gasteiger partial charge in [-0.15, -0.1) is 0 Å². The molecule has 1 aromatic carbocycles. The van der Waals surface area contributed by atoms with Crippen LogP contribution in [0.15, 0.2) is 18.2 Å². The molecule has 2 aliphatic rings. The molecular formula is C18H28N2O. The van der Waals surface area contributed by atoms with E-state index in [0.29, 0.717) is 5.92 Å². The van der Waals surface area contributed by atoms with E-state index in [-0.39, 0.29) is 6.10 Å². The number of rotatable bonds is 5. The van der Waals surface area contributed by atoms with Gasteiger partial charge >= 0.3 is 0 Å². The van der Waals surface area contributed by atoms with Crippen LogP contribution in [0.4, 0.5) is 5.69 Å². The van der Waals surface area contributed by atoms with Crippen LogP contribution in [-0.4, -0.2) is 30.3 Å². The second kappa shape index (κ2) is 6.37. The van der Waals surface area contributed by atoms with Crippen LogP contribution < -0.4 is 10.2 Å². The van der Waals surface area contributed by atoms with Crippen LogP contribution in [0.3, 0.4) is 0 Å². The summed E-state index contributed by atoms with van der Waals surface area (Å²) >= 11 is 0. The van der Waals surface area contributed by atoms with Crippen molar-refractivity contribution in [2.45, 2.75) is 58.2 Å². The number of aliphatic hydroxyl groups excluding tert-OH is 1. The Morgan fingerprint density at radius 1 is 1.24 bits per heavy atom. The second-order valence-corrected chi connectivity index (χ2v) is 6.83. The van der Waals surface area contributed by atoms with Crippen molar-refractivity contribution in [3.05, 3.63) is 29.3 Å². The van der Waals surface area contributed by atoms with E-state index in [1.54, 1.807) is 0 Å². The number of piperidine rings is 1. The third-order valence-corrected chi connectivity index (χ3v) is 5.07.